The highest BCUT2D eigenvalue weighted by Gasteiger charge is 2.26. The van der Waals surface area contributed by atoms with E-state index in [2.05, 4.69) is 18.2 Å². The number of hydrogen-bond acceptors (Lipinski definition) is 2. The average molecular weight is 334 g/mol. The molecule has 0 fully saturated rings. The second-order valence-corrected chi connectivity index (χ2v) is 6.76. The van der Waals surface area contributed by atoms with Crippen molar-refractivity contribution in [2.24, 2.45) is 0 Å². The Balaban J connectivity index is 1.35. The molecular weight excluding hydrogens is 312 g/mol. The molecule has 2 aromatic rings. The molecule has 2 heterocycles. The second-order valence-electron chi connectivity index (χ2n) is 6.76. The maximum Gasteiger partial charge on any atom is 0.227 e. The summed E-state index contributed by atoms with van der Waals surface area (Å²) < 4.78 is 0. The minimum Gasteiger partial charge on any atom is -0.338 e. The lowest BCUT2D eigenvalue weighted by atomic mass is 9.99. The summed E-state index contributed by atoms with van der Waals surface area (Å²) in [5, 5.41) is 0. The molecule has 4 nitrogen and oxygen atoms in total. The third kappa shape index (κ3) is 3.16. The lowest BCUT2D eigenvalue weighted by Crippen LogP contribution is -2.37. The van der Waals surface area contributed by atoms with Crippen molar-refractivity contribution in [2.75, 3.05) is 18.0 Å². The SMILES string of the molecule is O=C(CCC(=O)N1CCc2ccccc21)N1CCc2ccccc2C1. The quantitative estimate of drug-likeness (QED) is 0.866. The van der Waals surface area contributed by atoms with Gasteiger partial charge in [-0.25, -0.2) is 0 Å². The first-order valence-corrected chi connectivity index (χ1v) is 8.95. The number of para-hydroxylation sites is 1. The third-order valence-electron chi connectivity index (χ3n) is 5.22. The van der Waals surface area contributed by atoms with E-state index in [1.165, 1.54) is 16.7 Å². The van der Waals surface area contributed by atoms with Gasteiger partial charge < -0.3 is 9.80 Å². The van der Waals surface area contributed by atoms with Crippen molar-refractivity contribution < 1.29 is 9.59 Å². The molecule has 0 spiro atoms. The number of rotatable bonds is 3. The fraction of sp³-hybridized carbons (Fsp3) is 0.333. The van der Waals surface area contributed by atoms with Crippen LogP contribution in [0, 0.1) is 0 Å². The number of fused-ring (bicyclic) bond motifs is 2. The molecule has 0 saturated carbocycles. The third-order valence-corrected chi connectivity index (χ3v) is 5.22. The Hall–Kier alpha value is -2.62. The van der Waals surface area contributed by atoms with Crippen LogP contribution in [0.2, 0.25) is 0 Å². The predicted molar refractivity (Wildman–Crippen MR) is 97.3 cm³/mol. The first-order valence-electron chi connectivity index (χ1n) is 8.95. The Kier molecular flexibility index (Phi) is 4.26. The summed E-state index contributed by atoms with van der Waals surface area (Å²) in [5.41, 5.74) is 4.78. The van der Waals surface area contributed by atoms with Crippen LogP contribution >= 0.6 is 0 Å². The summed E-state index contributed by atoms with van der Waals surface area (Å²) in [6.07, 6.45) is 2.37. The summed E-state index contributed by atoms with van der Waals surface area (Å²) in [5.74, 6) is 0.131. The standard InChI is InChI=1S/C21H22N2O2/c24-20(22-13-11-16-5-1-2-7-18(16)15-22)9-10-21(25)23-14-12-17-6-3-4-8-19(17)23/h1-8H,9-15H2. The van der Waals surface area contributed by atoms with Crippen LogP contribution in [-0.2, 0) is 29.0 Å². The lowest BCUT2D eigenvalue weighted by Gasteiger charge is -2.29. The van der Waals surface area contributed by atoms with E-state index in [4.69, 9.17) is 0 Å². The lowest BCUT2D eigenvalue weighted by molar-refractivity contribution is -0.134. The van der Waals surface area contributed by atoms with Gasteiger partial charge in [0.15, 0.2) is 0 Å². The van der Waals surface area contributed by atoms with Crippen LogP contribution in [0.15, 0.2) is 48.5 Å². The van der Waals surface area contributed by atoms with Crippen LogP contribution in [0.25, 0.3) is 0 Å². The van der Waals surface area contributed by atoms with Crippen molar-refractivity contribution in [1.29, 1.82) is 0 Å². The molecule has 2 aliphatic heterocycles. The Morgan fingerprint density at radius 1 is 0.760 bits per heavy atom. The van der Waals surface area contributed by atoms with E-state index in [0.717, 1.165) is 31.6 Å². The van der Waals surface area contributed by atoms with E-state index in [1.54, 1.807) is 0 Å². The molecule has 2 aliphatic rings. The molecule has 0 aliphatic carbocycles. The van der Waals surface area contributed by atoms with Gasteiger partial charge in [0.05, 0.1) is 0 Å². The zero-order valence-corrected chi connectivity index (χ0v) is 14.3. The predicted octanol–water partition coefficient (Wildman–Crippen LogP) is 2.94. The van der Waals surface area contributed by atoms with Gasteiger partial charge in [-0.1, -0.05) is 42.5 Å². The van der Waals surface area contributed by atoms with Crippen molar-refractivity contribution in [2.45, 2.75) is 32.2 Å². The molecule has 0 saturated heterocycles. The second kappa shape index (κ2) is 6.71. The maximum absolute atomic E-state index is 12.5. The van der Waals surface area contributed by atoms with Crippen molar-refractivity contribution in [3.63, 3.8) is 0 Å². The first-order chi connectivity index (χ1) is 12.2. The van der Waals surface area contributed by atoms with E-state index < -0.39 is 0 Å². The Morgan fingerprint density at radius 2 is 1.40 bits per heavy atom. The smallest absolute Gasteiger partial charge is 0.227 e. The Labute approximate surface area is 148 Å². The van der Waals surface area contributed by atoms with Gasteiger partial charge in [0, 0.05) is 38.2 Å². The van der Waals surface area contributed by atoms with Gasteiger partial charge >= 0.3 is 0 Å². The van der Waals surface area contributed by atoms with Crippen LogP contribution < -0.4 is 4.90 Å². The summed E-state index contributed by atoms with van der Waals surface area (Å²) in [4.78, 5) is 28.8. The Morgan fingerprint density at radius 3 is 2.24 bits per heavy atom. The van der Waals surface area contributed by atoms with Gasteiger partial charge in [0.2, 0.25) is 11.8 Å². The van der Waals surface area contributed by atoms with Crippen molar-refractivity contribution >= 4 is 17.5 Å². The zero-order valence-electron chi connectivity index (χ0n) is 14.3. The highest BCUT2D eigenvalue weighted by atomic mass is 16.2. The number of carbonyl (C=O) groups is 2. The fourth-order valence-electron chi connectivity index (χ4n) is 3.81. The highest BCUT2D eigenvalue weighted by molar-refractivity contribution is 5.97. The fourth-order valence-corrected chi connectivity index (χ4v) is 3.81. The van der Waals surface area contributed by atoms with Gasteiger partial charge in [-0.3, -0.25) is 9.59 Å². The van der Waals surface area contributed by atoms with Crippen molar-refractivity contribution in [1.82, 2.24) is 4.90 Å². The van der Waals surface area contributed by atoms with Gasteiger partial charge in [-0.05, 0) is 35.6 Å². The summed E-state index contributed by atoms with van der Waals surface area (Å²) >= 11 is 0. The Bertz CT molecular complexity index is 815. The van der Waals surface area contributed by atoms with Crippen LogP contribution in [0.5, 0.6) is 0 Å². The molecule has 0 bridgehead atoms. The van der Waals surface area contributed by atoms with E-state index in [1.807, 2.05) is 40.1 Å². The number of anilines is 1. The number of amides is 2. The van der Waals surface area contributed by atoms with Gasteiger partial charge in [-0.15, -0.1) is 0 Å². The monoisotopic (exact) mass is 334 g/mol. The largest absolute Gasteiger partial charge is 0.338 e. The van der Waals surface area contributed by atoms with Crippen LogP contribution in [0.4, 0.5) is 5.69 Å². The average Bonchev–Trinajstić information content (AvgIpc) is 3.09. The van der Waals surface area contributed by atoms with Crippen molar-refractivity contribution in [3.05, 3.63) is 65.2 Å². The topological polar surface area (TPSA) is 40.6 Å². The molecule has 2 aromatic carbocycles. The molecule has 0 aromatic heterocycles. The van der Waals surface area contributed by atoms with Crippen LogP contribution in [0.1, 0.15) is 29.5 Å². The molecule has 0 radical (unpaired) electrons. The molecule has 0 N–H and O–H groups in total. The summed E-state index contributed by atoms with van der Waals surface area (Å²) in [6, 6.07) is 16.3. The summed E-state index contributed by atoms with van der Waals surface area (Å²) in [7, 11) is 0. The molecular formula is C21H22N2O2. The molecule has 128 valence electrons. The highest BCUT2D eigenvalue weighted by Crippen LogP contribution is 2.28. The van der Waals surface area contributed by atoms with Crippen LogP contribution in [0.3, 0.4) is 0 Å². The number of benzene rings is 2. The number of hydrogen-bond donors (Lipinski definition) is 0. The zero-order chi connectivity index (χ0) is 17.2. The number of carbonyl (C=O) groups excluding carboxylic acids is 2. The van der Waals surface area contributed by atoms with Gasteiger partial charge in [0.1, 0.15) is 0 Å². The van der Waals surface area contributed by atoms with Gasteiger partial charge in [0.25, 0.3) is 0 Å². The van der Waals surface area contributed by atoms with E-state index in [9.17, 15) is 9.59 Å². The molecule has 25 heavy (non-hydrogen) atoms. The maximum atomic E-state index is 12.5. The normalized spacial score (nSPS) is 15.7. The summed E-state index contributed by atoms with van der Waals surface area (Å²) in [6.45, 7) is 2.13. The molecule has 2 amide bonds. The van der Waals surface area contributed by atoms with Crippen LogP contribution in [-0.4, -0.2) is 29.8 Å². The first kappa shape index (κ1) is 15.9. The van der Waals surface area contributed by atoms with Crippen molar-refractivity contribution in [3.8, 4) is 0 Å². The van der Waals surface area contributed by atoms with Gasteiger partial charge in [-0.2, -0.15) is 0 Å². The van der Waals surface area contributed by atoms with E-state index in [-0.39, 0.29) is 18.2 Å². The molecule has 4 rings (SSSR count). The minimum absolute atomic E-state index is 0.0516. The molecule has 4 heteroatoms. The van der Waals surface area contributed by atoms with E-state index >= 15 is 0 Å². The molecule has 0 unspecified atom stereocenters. The molecule has 0 atom stereocenters. The minimum atomic E-state index is 0.0516. The number of nitrogens with zero attached hydrogens (tertiary/aromatic N) is 2. The van der Waals surface area contributed by atoms with E-state index in [0.29, 0.717) is 13.0 Å².